The Hall–Kier alpha value is -0.780. The zero-order valence-corrected chi connectivity index (χ0v) is 13.1. The molecule has 1 aromatic carbocycles. The Balaban J connectivity index is 0.00000180. The molecule has 0 radical (unpaired) electrons. The molecule has 0 bridgehead atoms. The lowest BCUT2D eigenvalue weighted by Gasteiger charge is -2.17. The minimum atomic E-state index is -0.0904. The molecular formula is C13H18BrClN2O2. The molecule has 1 heterocycles. The lowest BCUT2D eigenvalue weighted by Crippen LogP contribution is -2.30. The second-order valence-corrected chi connectivity index (χ2v) is 5.54. The summed E-state index contributed by atoms with van der Waals surface area (Å²) in [5.41, 5.74) is 0.370. The van der Waals surface area contributed by atoms with Gasteiger partial charge in [0.25, 0.3) is 5.91 Å². The Morgan fingerprint density at radius 3 is 3.00 bits per heavy atom. The number of phenolic OH excluding ortho intramolecular Hbond substituents is 1. The van der Waals surface area contributed by atoms with E-state index in [-0.39, 0.29) is 24.1 Å². The van der Waals surface area contributed by atoms with Gasteiger partial charge in [-0.1, -0.05) is 15.9 Å². The maximum Gasteiger partial charge on any atom is 0.257 e. The highest BCUT2D eigenvalue weighted by Crippen LogP contribution is 2.25. The fourth-order valence-corrected chi connectivity index (χ4v) is 2.68. The minimum absolute atomic E-state index is 0. The summed E-state index contributed by atoms with van der Waals surface area (Å²) in [5.74, 6) is 0.459. The van der Waals surface area contributed by atoms with Gasteiger partial charge < -0.3 is 15.3 Å². The predicted octanol–water partition coefficient (Wildman–Crippen LogP) is 2.26. The van der Waals surface area contributed by atoms with Gasteiger partial charge in [-0.15, -0.1) is 12.4 Å². The van der Waals surface area contributed by atoms with Crippen LogP contribution in [0.15, 0.2) is 22.7 Å². The number of carbonyl (C=O) groups excluding carboxylic acids is 1. The fraction of sp³-hybridized carbons (Fsp3) is 0.462. The van der Waals surface area contributed by atoms with Crippen LogP contribution in [0.2, 0.25) is 0 Å². The third-order valence-electron chi connectivity index (χ3n) is 3.25. The van der Waals surface area contributed by atoms with E-state index in [1.54, 1.807) is 18.2 Å². The molecule has 4 nitrogen and oxygen atoms in total. The summed E-state index contributed by atoms with van der Waals surface area (Å²) >= 11 is 3.32. The van der Waals surface area contributed by atoms with E-state index in [1.807, 2.05) is 11.9 Å². The smallest absolute Gasteiger partial charge is 0.257 e. The molecular weight excluding hydrogens is 332 g/mol. The van der Waals surface area contributed by atoms with Crippen LogP contribution in [0.25, 0.3) is 0 Å². The number of amides is 1. The van der Waals surface area contributed by atoms with E-state index in [9.17, 15) is 9.90 Å². The van der Waals surface area contributed by atoms with Crippen LogP contribution >= 0.6 is 28.3 Å². The van der Waals surface area contributed by atoms with E-state index in [1.165, 1.54) is 0 Å². The van der Waals surface area contributed by atoms with Crippen LogP contribution in [-0.4, -0.2) is 42.6 Å². The number of rotatable bonds is 3. The highest BCUT2D eigenvalue weighted by atomic mass is 79.9. The van der Waals surface area contributed by atoms with Crippen molar-refractivity contribution >= 4 is 34.2 Å². The van der Waals surface area contributed by atoms with E-state index >= 15 is 0 Å². The van der Waals surface area contributed by atoms with Crippen molar-refractivity contribution in [2.75, 3.05) is 26.7 Å². The van der Waals surface area contributed by atoms with Crippen molar-refractivity contribution in [2.24, 2.45) is 5.92 Å². The first-order valence-electron chi connectivity index (χ1n) is 6.04. The summed E-state index contributed by atoms with van der Waals surface area (Å²) in [5, 5.41) is 12.9. The van der Waals surface area contributed by atoms with Gasteiger partial charge in [-0.2, -0.15) is 0 Å². The highest BCUT2D eigenvalue weighted by molar-refractivity contribution is 9.10. The van der Waals surface area contributed by atoms with Gasteiger partial charge in [0, 0.05) is 17.6 Å². The molecule has 2 N–H and O–H groups in total. The van der Waals surface area contributed by atoms with Crippen molar-refractivity contribution in [3.05, 3.63) is 28.2 Å². The highest BCUT2D eigenvalue weighted by Gasteiger charge is 2.27. The topological polar surface area (TPSA) is 52.6 Å². The number of nitrogens with zero attached hydrogens (tertiary/aromatic N) is 1. The molecule has 1 saturated heterocycles. The Bertz CT molecular complexity index is 456. The maximum atomic E-state index is 12.3. The van der Waals surface area contributed by atoms with E-state index in [4.69, 9.17) is 0 Å². The van der Waals surface area contributed by atoms with E-state index in [0.29, 0.717) is 11.5 Å². The van der Waals surface area contributed by atoms with Crippen LogP contribution in [0.4, 0.5) is 0 Å². The van der Waals surface area contributed by atoms with Crippen molar-refractivity contribution in [3.63, 3.8) is 0 Å². The summed E-state index contributed by atoms with van der Waals surface area (Å²) in [6.45, 7) is 2.44. The average molecular weight is 350 g/mol. The summed E-state index contributed by atoms with van der Waals surface area (Å²) in [6.07, 6.45) is 1.02. The second-order valence-electron chi connectivity index (χ2n) is 4.63. The molecule has 6 heteroatoms. The van der Waals surface area contributed by atoms with Crippen molar-refractivity contribution in [1.29, 1.82) is 0 Å². The molecule has 2 rings (SSSR count). The summed E-state index contributed by atoms with van der Waals surface area (Å²) in [7, 11) is 1.92. The maximum absolute atomic E-state index is 12.3. The molecule has 0 aliphatic carbocycles. The molecule has 1 fully saturated rings. The monoisotopic (exact) mass is 348 g/mol. The van der Waals surface area contributed by atoms with Gasteiger partial charge in [0.2, 0.25) is 0 Å². The van der Waals surface area contributed by atoms with Crippen LogP contribution in [-0.2, 0) is 0 Å². The van der Waals surface area contributed by atoms with Crippen molar-refractivity contribution in [1.82, 2.24) is 10.2 Å². The standard InChI is InChI=1S/C13H17BrN2O2.ClH/c1-15-7-9-4-5-16(8-9)13(18)11-6-10(14)2-3-12(11)17;/h2-3,6,9,15,17H,4-5,7-8H2,1H3;1H. The SMILES string of the molecule is CNCC1CCN(C(=O)c2cc(Br)ccc2O)C1.Cl. The van der Waals surface area contributed by atoms with Gasteiger partial charge in [0.1, 0.15) is 5.75 Å². The summed E-state index contributed by atoms with van der Waals surface area (Å²) in [6, 6.07) is 4.93. The molecule has 0 saturated carbocycles. The quantitative estimate of drug-likeness (QED) is 0.880. The Labute approximate surface area is 127 Å². The number of likely N-dealkylation sites (tertiary alicyclic amines) is 1. The Morgan fingerprint density at radius 1 is 1.58 bits per heavy atom. The number of phenols is 1. The van der Waals surface area contributed by atoms with Crippen molar-refractivity contribution < 1.29 is 9.90 Å². The number of halogens is 2. The molecule has 19 heavy (non-hydrogen) atoms. The Kier molecular flexibility index (Phi) is 6.10. The van der Waals surface area contributed by atoms with E-state index in [2.05, 4.69) is 21.2 Å². The summed E-state index contributed by atoms with van der Waals surface area (Å²) in [4.78, 5) is 14.1. The number of hydrogen-bond acceptors (Lipinski definition) is 3. The number of benzene rings is 1. The van der Waals surface area contributed by atoms with Crippen LogP contribution in [0, 0.1) is 5.92 Å². The van der Waals surface area contributed by atoms with E-state index < -0.39 is 0 Å². The average Bonchev–Trinajstić information content (AvgIpc) is 2.80. The number of carbonyl (C=O) groups is 1. The van der Waals surface area contributed by atoms with Gasteiger partial charge in [-0.3, -0.25) is 4.79 Å². The normalized spacial score (nSPS) is 18.2. The van der Waals surface area contributed by atoms with Gasteiger partial charge in [0.05, 0.1) is 5.56 Å². The van der Waals surface area contributed by atoms with Gasteiger partial charge in [-0.25, -0.2) is 0 Å². The zero-order valence-electron chi connectivity index (χ0n) is 10.7. The largest absolute Gasteiger partial charge is 0.507 e. The minimum Gasteiger partial charge on any atom is -0.507 e. The van der Waals surface area contributed by atoms with Crippen LogP contribution < -0.4 is 5.32 Å². The zero-order chi connectivity index (χ0) is 13.1. The van der Waals surface area contributed by atoms with Crippen LogP contribution in [0.5, 0.6) is 5.75 Å². The third-order valence-corrected chi connectivity index (χ3v) is 3.75. The Morgan fingerprint density at radius 2 is 2.32 bits per heavy atom. The molecule has 106 valence electrons. The van der Waals surface area contributed by atoms with E-state index in [0.717, 1.165) is 30.5 Å². The lowest BCUT2D eigenvalue weighted by atomic mass is 10.1. The lowest BCUT2D eigenvalue weighted by molar-refractivity contribution is 0.0784. The molecule has 1 aliphatic heterocycles. The molecule has 1 aromatic rings. The predicted molar refractivity (Wildman–Crippen MR) is 81.0 cm³/mol. The number of hydrogen-bond donors (Lipinski definition) is 2. The molecule has 1 unspecified atom stereocenters. The van der Waals surface area contributed by atoms with Crippen LogP contribution in [0.1, 0.15) is 16.8 Å². The van der Waals surface area contributed by atoms with Gasteiger partial charge >= 0.3 is 0 Å². The molecule has 1 atom stereocenters. The number of nitrogens with one attached hydrogen (secondary N) is 1. The first-order chi connectivity index (χ1) is 8.61. The first-order valence-corrected chi connectivity index (χ1v) is 6.83. The van der Waals surface area contributed by atoms with Crippen molar-refractivity contribution in [2.45, 2.75) is 6.42 Å². The van der Waals surface area contributed by atoms with Gasteiger partial charge in [-0.05, 0) is 44.1 Å². The molecule has 1 aliphatic rings. The third kappa shape index (κ3) is 3.84. The number of aromatic hydroxyl groups is 1. The molecule has 0 spiro atoms. The molecule has 1 amide bonds. The summed E-state index contributed by atoms with van der Waals surface area (Å²) < 4.78 is 0.801. The fourth-order valence-electron chi connectivity index (χ4n) is 2.32. The first kappa shape index (κ1) is 16.3. The second kappa shape index (κ2) is 7.12. The van der Waals surface area contributed by atoms with Gasteiger partial charge in [0.15, 0.2) is 0 Å². The molecule has 0 aromatic heterocycles. The van der Waals surface area contributed by atoms with Crippen LogP contribution in [0.3, 0.4) is 0 Å². The van der Waals surface area contributed by atoms with Crippen molar-refractivity contribution in [3.8, 4) is 5.75 Å².